The van der Waals surface area contributed by atoms with Crippen LogP contribution in [0.2, 0.25) is 0 Å². The van der Waals surface area contributed by atoms with E-state index in [1.807, 2.05) is 6.07 Å². The summed E-state index contributed by atoms with van der Waals surface area (Å²) >= 11 is 1.32. The maximum Gasteiger partial charge on any atom is 0.123 e. The lowest BCUT2D eigenvalue weighted by atomic mass is 10.1. The van der Waals surface area contributed by atoms with Gasteiger partial charge in [0, 0.05) is 25.8 Å². The first-order valence-corrected chi connectivity index (χ1v) is 6.35. The molecule has 2 rings (SSSR count). The van der Waals surface area contributed by atoms with Crippen molar-refractivity contribution in [2.75, 3.05) is 20.3 Å². The predicted octanol–water partition coefficient (Wildman–Crippen LogP) is 2.08. The van der Waals surface area contributed by atoms with Gasteiger partial charge in [0.1, 0.15) is 11.5 Å². The van der Waals surface area contributed by atoms with Gasteiger partial charge >= 0.3 is 0 Å². The fraction of sp³-hybridized carbons (Fsp3) is 0.333. The van der Waals surface area contributed by atoms with Gasteiger partial charge in [0.2, 0.25) is 0 Å². The first-order valence-electron chi connectivity index (χ1n) is 5.58. The fourth-order valence-electron chi connectivity index (χ4n) is 1.56. The molecule has 96 valence electrons. The average molecular weight is 267 g/mol. The van der Waals surface area contributed by atoms with E-state index in [2.05, 4.69) is 14.9 Å². The van der Waals surface area contributed by atoms with Gasteiger partial charge < -0.3 is 10.1 Å². The van der Waals surface area contributed by atoms with Crippen LogP contribution in [0, 0.1) is 5.82 Å². The lowest BCUT2D eigenvalue weighted by Crippen LogP contribution is -2.18. The van der Waals surface area contributed by atoms with Crippen LogP contribution in [0.4, 0.5) is 4.39 Å². The van der Waals surface area contributed by atoms with Crippen molar-refractivity contribution in [2.24, 2.45) is 0 Å². The summed E-state index contributed by atoms with van der Waals surface area (Å²) in [5.41, 5.74) is 1.50. The molecule has 0 saturated heterocycles. The van der Waals surface area contributed by atoms with E-state index in [0.29, 0.717) is 13.2 Å². The molecule has 0 spiro atoms. The van der Waals surface area contributed by atoms with E-state index in [0.717, 1.165) is 22.7 Å². The van der Waals surface area contributed by atoms with E-state index in [4.69, 9.17) is 4.74 Å². The highest BCUT2D eigenvalue weighted by Crippen LogP contribution is 2.24. The molecule has 0 aliphatic rings. The molecule has 0 amide bonds. The number of hydrogen-bond donors (Lipinski definition) is 1. The highest BCUT2D eigenvalue weighted by Gasteiger charge is 2.10. The highest BCUT2D eigenvalue weighted by atomic mass is 32.1. The van der Waals surface area contributed by atoms with Gasteiger partial charge in [-0.1, -0.05) is 16.6 Å². The third-order valence-electron chi connectivity index (χ3n) is 2.42. The number of benzene rings is 1. The molecule has 0 radical (unpaired) electrons. The summed E-state index contributed by atoms with van der Waals surface area (Å²) in [5, 5.41) is 7.28. The van der Waals surface area contributed by atoms with E-state index in [1.165, 1.54) is 23.7 Å². The number of hydrogen-bond acceptors (Lipinski definition) is 5. The van der Waals surface area contributed by atoms with Gasteiger partial charge in [-0.3, -0.25) is 0 Å². The molecule has 6 heteroatoms. The summed E-state index contributed by atoms with van der Waals surface area (Å²) in [6, 6.07) is 6.39. The second kappa shape index (κ2) is 6.53. The first kappa shape index (κ1) is 13.1. The summed E-state index contributed by atoms with van der Waals surface area (Å²) < 4.78 is 22.0. The Morgan fingerprint density at radius 3 is 3.11 bits per heavy atom. The molecule has 0 aliphatic heterocycles. The largest absolute Gasteiger partial charge is 0.383 e. The van der Waals surface area contributed by atoms with E-state index >= 15 is 0 Å². The van der Waals surface area contributed by atoms with Crippen LogP contribution in [0.3, 0.4) is 0 Å². The quantitative estimate of drug-likeness (QED) is 0.814. The molecule has 2 aromatic rings. The molecule has 0 aliphatic carbocycles. The number of ether oxygens (including phenoxy) is 1. The van der Waals surface area contributed by atoms with Crippen LogP contribution < -0.4 is 5.32 Å². The smallest absolute Gasteiger partial charge is 0.123 e. The van der Waals surface area contributed by atoms with E-state index in [9.17, 15) is 4.39 Å². The molecule has 18 heavy (non-hydrogen) atoms. The van der Waals surface area contributed by atoms with Gasteiger partial charge in [0.15, 0.2) is 0 Å². The van der Waals surface area contributed by atoms with Gasteiger partial charge in [0.05, 0.1) is 11.5 Å². The molecule has 0 saturated carbocycles. The van der Waals surface area contributed by atoms with Crippen molar-refractivity contribution in [3.05, 3.63) is 35.0 Å². The van der Waals surface area contributed by atoms with Crippen molar-refractivity contribution in [3.8, 4) is 11.3 Å². The van der Waals surface area contributed by atoms with Crippen LogP contribution in [0.25, 0.3) is 11.3 Å². The SMILES string of the molecule is COCCNCc1snnc1-c1cccc(F)c1. The van der Waals surface area contributed by atoms with Crippen LogP contribution in [0.15, 0.2) is 24.3 Å². The number of methoxy groups -OCH3 is 1. The Labute approximate surface area is 109 Å². The third-order valence-corrected chi connectivity index (χ3v) is 3.14. The molecular weight excluding hydrogens is 253 g/mol. The van der Waals surface area contributed by atoms with Crippen LogP contribution in [-0.4, -0.2) is 29.8 Å². The van der Waals surface area contributed by atoms with E-state index in [-0.39, 0.29) is 5.82 Å². The van der Waals surface area contributed by atoms with Crippen LogP contribution in [0.5, 0.6) is 0 Å². The second-order valence-electron chi connectivity index (χ2n) is 3.72. The number of halogens is 1. The molecule has 1 heterocycles. The van der Waals surface area contributed by atoms with Gasteiger partial charge in [0.25, 0.3) is 0 Å². The fourth-order valence-corrected chi connectivity index (χ4v) is 2.19. The summed E-state index contributed by atoms with van der Waals surface area (Å²) in [4.78, 5) is 0.997. The molecule has 1 aromatic carbocycles. The lowest BCUT2D eigenvalue weighted by Gasteiger charge is -2.03. The molecule has 4 nitrogen and oxygen atoms in total. The summed E-state index contributed by atoms with van der Waals surface area (Å²) in [7, 11) is 1.66. The van der Waals surface area contributed by atoms with Crippen LogP contribution in [-0.2, 0) is 11.3 Å². The van der Waals surface area contributed by atoms with Crippen molar-refractivity contribution >= 4 is 11.5 Å². The summed E-state index contributed by atoms with van der Waals surface area (Å²) in [6.07, 6.45) is 0. The van der Waals surface area contributed by atoms with E-state index in [1.54, 1.807) is 13.2 Å². The molecule has 1 aromatic heterocycles. The number of aromatic nitrogens is 2. The predicted molar refractivity (Wildman–Crippen MR) is 68.9 cm³/mol. The first-order chi connectivity index (χ1) is 8.81. The molecule has 0 atom stereocenters. The Kier molecular flexibility index (Phi) is 4.74. The van der Waals surface area contributed by atoms with Gasteiger partial charge in [-0.2, -0.15) is 0 Å². The molecule has 1 N–H and O–H groups in total. The van der Waals surface area contributed by atoms with Crippen molar-refractivity contribution in [1.29, 1.82) is 0 Å². The Bertz CT molecular complexity index is 504. The summed E-state index contributed by atoms with van der Waals surface area (Å²) in [5.74, 6) is -0.265. The maximum atomic E-state index is 13.2. The average Bonchev–Trinajstić information content (AvgIpc) is 2.83. The van der Waals surface area contributed by atoms with Gasteiger partial charge in [-0.05, 0) is 23.7 Å². The normalized spacial score (nSPS) is 10.8. The lowest BCUT2D eigenvalue weighted by molar-refractivity contribution is 0.199. The van der Waals surface area contributed by atoms with Crippen molar-refractivity contribution in [1.82, 2.24) is 14.9 Å². The third kappa shape index (κ3) is 3.32. The Morgan fingerprint density at radius 1 is 1.44 bits per heavy atom. The molecular formula is C12H14FN3OS. The zero-order valence-electron chi connectivity index (χ0n) is 10.0. The summed E-state index contributed by atoms with van der Waals surface area (Å²) in [6.45, 7) is 2.07. The monoisotopic (exact) mass is 267 g/mol. The van der Waals surface area contributed by atoms with E-state index < -0.39 is 0 Å². The second-order valence-corrected chi connectivity index (χ2v) is 4.56. The minimum Gasteiger partial charge on any atom is -0.383 e. The van der Waals surface area contributed by atoms with Crippen molar-refractivity contribution < 1.29 is 9.13 Å². The van der Waals surface area contributed by atoms with Crippen LogP contribution in [0.1, 0.15) is 4.88 Å². The zero-order valence-corrected chi connectivity index (χ0v) is 10.8. The molecule has 0 unspecified atom stereocenters. The van der Waals surface area contributed by atoms with Gasteiger partial charge in [-0.25, -0.2) is 4.39 Å². The number of nitrogens with one attached hydrogen (secondary N) is 1. The van der Waals surface area contributed by atoms with Crippen LogP contribution >= 0.6 is 11.5 Å². The Balaban J connectivity index is 2.08. The Morgan fingerprint density at radius 2 is 2.33 bits per heavy atom. The molecule has 0 bridgehead atoms. The number of rotatable bonds is 6. The highest BCUT2D eigenvalue weighted by molar-refractivity contribution is 7.05. The standard InChI is InChI=1S/C12H14FN3OS/c1-17-6-5-14-8-11-12(15-16-18-11)9-3-2-4-10(13)7-9/h2-4,7,14H,5-6,8H2,1H3. The zero-order chi connectivity index (χ0) is 12.8. The minimum absolute atomic E-state index is 0.265. The van der Waals surface area contributed by atoms with Gasteiger partial charge in [-0.15, -0.1) is 5.10 Å². The number of nitrogens with zero attached hydrogens (tertiary/aromatic N) is 2. The van der Waals surface area contributed by atoms with Crippen molar-refractivity contribution in [3.63, 3.8) is 0 Å². The Hall–Kier alpha value is -1.37. The van der Waals surface area contributed by atoms with Crippen molar-refractivity contribution in [2.45, 2.75) is 6.54 Å². The maximum absolute atomic E-state index is 13.2. The topological polar surface area (TPSA) is 47.0 Å². The molecule has 0 fully saturated rings. The minimum atomic E-state index is -0.265.